The normalized spacial score (nSPS) is 12.7. The van der Waals surface area contributed by atoms with E-state index in [4.69, 9.17) is 0 Å². The maximum atomic E-state index is 4.40. The van der Waals surface area contributed by atoms with Crippen LogP contribution in [0.3, 0.4) is 0 Å². The Morgan fingerprint density at radius 3 is 1.89 bits per heavy atom. The quantitative estimate of drug-likeness (QED) is 0.301. The monoisotopic (exact) mass is 490 g/mol. The van der Waals surface area contributed by atoms with Gasteiger partial charge in [-0.2, -0.15) is 0 Å². The molecule has 0 saturated carbocycles. The lowest BCUT2D eigenvalue weighted by Gasteiger charge is -2.13. The van der Waals surface area contributed by atoms with Crippen molar-refractivity contribution < 1.29 is 0 Å². The van der Waals surface area contributed by atoms with Gasteiger partial charge in [-0.05, 0) is 65.9 Å². The van der Waals surface area contributed by atoms with Crippen LogP contribution in [0.25, 0.3) is 61.3 Å². The van der Waals surface area contributed by atoms with Crippen molar-refractivity contribution in [2.45, 2.75) is 6.54 Å². The number of aromatic nitrogens is 5. The lowest BCUT2D eigenvalue weighted by Crippen LogP contribution is -2.10. The van der Waals surface area contributed by atoms with Crippen LogP contribution in [0.5, 0.6) is 0 Å². The van der Waals surface area contributed by atoms with Gasteiger partial charge in [0.2, 0.25) is 0 Å². The predicted octanol–water partition coefficient (Wildman–Crippen LogP) is 6.65. The largest absolute Gasteiger partial charge is 0.387 e. The molecule has 0 atom stereocenters. The average molecular weight is 491 g/mol. The molecule has 0 unspecified atom stereocenters. The first kappa shape index (κ1) is 20.9. The zero-order valence-corrected chi connectivity index (χ0v) is 20.4. The molecule has 6 heteroatoms. The number of hydrogen-bond donors (Lipinski definition) is 1. The van der Waals surface area contributed by atoms with E-state index >= 15 is 0 Å². The number of fused-ring (bicyclic) bond motifs is 6. The molecule has 0 fully saturated rings. The van der Waals surface area contributed by atoms with Crippen LogP contribution in [0.15, 0.2) is 110 Å². The van der Waals surface area contributed by atoms with Gasteiger partial charge < -0.3 is 14.5 Å². The van der Waals surface area contributed by atoms with Crippen LogP contribution in [0.2, 0.25) is 0 Å². The lowest BCUT2D eigenvalue weighted by atomic mass is 10.0. The van der Waals surface area contributed by atoms with Gasteiger partial charge in [-0.25, -0.2) is 0 Å². The van der Waals surface area contributed by atoms with E-state index in [2.05, 4.69) is 102 Å². The highest BCUT2D eigenvalue weighted by atomic mass is 15.0. The van der Waals surface area contributed by atoms with Crippen LogP contribution in [0, 0.1) is 0 Å². The van der Waals surface area contributed by atoms with Gasteiger partial charge in [0.1, 0.15) is 0 Å². The fourth-order valence-corrected chi connectivity index (χ4v) is 5.76. The van der Waals surface area contributed by atoms with Gasteiger partial charge in [0, 0.05) is 64.4 Å². The Morgan fingerprint density at radius 2 is 1.16 bits per heavy atom. The van der Waals surface area contributed by atoms with Crippen LogP contribution in [0.4, 0.5) is 0 Å². The molecule has 2 aromatic carbocycles. The van der Waals surface area contributed by atoms with E-state index in [1.165, 1.54) is 27.8 Å². The molecule has 5 aromatic heterocycles. The highest BCUT2D eigenvalue weighted by Gasteiger charge is 2.18. The molecule has 7 aromatic rings. The number of hydrogen-bond acceptors (Lipinski definition) is 4. The topological polar surface area (TPSA) is 60.6 Å². The third-order valence-electron chi connectivity index (χ3n) is 7.51. The highest BCUT2D eigenvalue weighted by molar-refractivity contribution is 6.08. The second kappa shape index (κ2) is 8.15. The second-order valence-electron chi connectivity index (χ2n) is 9.52. The molecule has 0 aliphatic carbocycles. The lowest BCUT2D eigenvalue weighted by molar-refractivity contribution is 0.855. The summed E-state index contributed by atoms with van der Waals surface area (Å²) in [5.74, 6) is 0. The van der Waals surface area contributed by atoms with E-state index in [1.807, 2.05) is 43.4 Å². The third-order valence-corrected chi connectivity index (χ3v) is 7.51. The van der Waals surface area contributed by atoms with Gasteiger partial charge in [-0.3, -0.25) is 15.0 Å². The molecule has 6 nitrogen and oxygen atoms in total. The first-order valence-corrected chi connectivity index (χ1v) is 12.6. The Kier molecular flexibility index (Phi) is 4.48. The number of nitrogens with zero attached hydrogens (tertiary/aromatic N) is 5. The zero-order chi connectivity index (χ0) is 25.1. The molecule has 8 rings (SSSR count). The minimum Gasteiger partial charge on any atom is -0.387 e. The summed E-state index contributed by atoms with van der Waals surface area (Å²) in [6.45, 7) is 0.822. The molecular formula is C32H22N6. The maximum Gasteiger partial charge on any atom is 0.0725 e. The minimum atomic E-state index is 0.822. The molecule has 0 saturated heterocycles. The summed E-state index contributed by atoms with van der Waals surface area (Å²) >= 11 is 0. The van der Waals surface area contributed by atoms with E-state index in [0.717, 1.165) is 45.2 Å². The fourth-order valence-electron chi connectivity index (χ4n) is 5.76. The van der Waals surface area contributed by atoms with E-state index in [0.29, 0.717) is 0 Å². The second-order valence-corrected chi connectivity index (χ2v) is 9.52. The number of pyridine rings is 3. The summed E-state index contributed by atoms with van der Waals surface area (Å²) in [4.78, 5) is 13.1. The van der Waals surface area contributed by atoms with Gasteiger partial charge in [0.25, 0.3) is 0 Å². The summed E-state index contributed by atoms with van der Waals surface area (Å²) in [5.41, 5.74) is 10.4. The number of rotatable bonds is 3. The molecule has 6 heterocycles. The summed E-state index contributed by atoms with van der Waals surface area (Å²) in [6.07, 6.45) is 15.5. The van der Waals surface area contributed by atoms with Crippen molar-refractivity contribution in [1.82, 2.24) is 29.4 Å². The molecular weight excluding hydrogens is 468 g/mol. The first-order chi connectivity index (χ1) is 18.9. The Labute approximate surface area is 218 Å². The molecule has 0 spiro atoms. The Morgan fingerprint density at radius 1 is 0.553 bits per heavy atom. The Hall–Kier alpha value is -5.23. The van der Waals surface area contributed by atoms with Gasteiger partial charge in [0.15, 0.2) is 0 Å². The van der Waals surface area contributed by atoms with Crippen molar-refractivity contribution in [3.63, 3.8) is 0 Å². The van der Waals surface area contributed by atoms with Crippen molar-refractivity contribution in [1.29, 1.82) is 0 Å². The fraction of sp³-hybridized carbons (Fsp3) is 0.0312. The molecule has 0 bridgehead atoms. The van der Waals surface area contributed by atoms with Crippen molar-refractivity contribution in [2.24, 2.45) is 0 Å². The maximum absolute atomic E-state index is 4.40. The molecule has 1 aliphatic heterocycles. The third kappa shape index (κ3) is 3.04. The van der Waals surface area contributed by atoms with Crippen molar-refractivity contribution in [3.8, 4) is 22.5 Å². The van der Waals surface area contributed by atoms with Gasteiger partial charge in [0.05, 0.1) is 34.6 Å². The van der Waals surface area contributed by atoms with Gasteiger partial charge in [-0.15, -0.1) is 0 Å². The van der Waals surface area contributed by atoms with E-state index < -0.39 is 0 Å². The van der Waals surface area contributed by atoms with Crippen molar-refractivity contribution in [2.75, 3.05) is 0 Å². The Bertz CT molecular complexity index is 1960. The van der Waals surface area contributed by atoms with Crippen LogP contribution < -0.4 is 5.32 Å². The van der Waals surface area contributed by atoms with Gasteiger partial charge >= 0.3 is 0 Å². The molecule has 180 valence electrons. The first-order valence-electron chi connectivity index (χ1n) is 12.6. The number of benzene rings is 2. The summed E-state index contributed by atoms with van der Waals surface area (Å²) in [5, 5.41) is 6.86. The van der Waals surface area contributed by atoms with Gasteiger partial charge in [-0.1, -0.05) is 24.3 Å². The van der Waals surface area contributed by atoms with E-state index in [9.17, 15) is 0 Å². The smallest absolute Gasteiger partial charge is 0.0725 e. The predicted molar refractivity (Wildman–Crippen MR) is 152 cm³/mol. The average Bonchev–Trinajstić information content (AvgIpc) is 3.51. The van der Waals surface area contributed by atoms with Crippen molar-refractivity contribution in [3.05, 3.63) is 121 Å². The molecule has 0 amide bonds. The van der Waals surface area contributed by atoms with Crippen LogP contribution in [-0.2, 0) is 6.54 Å². The number of nitrogens with one attached hydrogen (secondary N) is 1. The van der Waals surface area contributed by atoms with Crippen molar-refractivity contribution >= 4 is 38.8 Å². The SMILES string of the molecule is C1=Cc2c(c3ccncc3n2-c2ccc(-c3ccc(-n4c5ccncc5c5ccncc54)cc3)cc2)CN1. The van der Waals surface area contributed by atoms with Crippen LogP contribution in [-0.4, -0.2) is 24.1 Å². The minimum absolute atomic E-state index is 0.822. The zero-order valence-electron chi connectivity index (χ0n) is 20.4. The standard InChI is InChI=1S/C32H22N6/c1-5-23(37-29-11-15-33-17-27(29)25-9-13-35-19-31(25)37)6-2-21(1)22-3-7-24(8-4-22)38-30-12-16-34-18-28(30)26-10-14-36-20-32(26)38/h1-17,19-20,34H,18H2. The summed E-state index contributed by atoms with van der Waals surface area (Å²) in [7, 11) is 0. The van der Waals surface area contributed by atoms with E-state index in [1.54, 1.807) is 0 Å². The molecule has 0 radical (unpaired) electrons. The van der Waals surface area contributed by atoms with E-state index in [-0.39, 0.29) is 0 Å². The summed E-state index contributed by atoms with van der Waals surface area (Å²) in [6, 6.07) is 23.7. The Balaban J connectivity index is 1.18. The molecule has 1 aliphatic rings. The molecule has 38 heavy (non-hydrogen) atoms. The van der Waals surface area contributed by atoms with Crippen LogP contribution in [0.1, 0.15) is 11.3 Å². The van der Waals surface area contributed by atoms with Crippen LogP contribution >= 0.6 is 0 Å². The molecule has 1 N–H and O–H groups in total. The summed E-state index contributed by atoms with van der Waals surface area (Å²) < 4.78 is 4.55. The highest BCUT2D eigenvalue weighted by Crippen LogP contribution is 2.34.